The second-order valence-corrected chi connectivity index (χ2v) is 4.53. The average Bonchev–Trinajstić information content (AvgIpc) is 2.49. The Hall–Kier alpha value is -2.33. The molecule has 0 bridgehead atoms. The minimum absolute atomic E-state index is 0.161. The molecule has 2 aromatic rings. The monoisotopic (exact) mass is 270 g/mol. The predicted octanol–water partition coefficient (Wildman–Crippen LogP) is 2.11. The van der Waals surface area contributed by atoms with Crippen molar-refractivity contribution in [3.63, 3.8) is 0 Å². The molecule has 0 spiro atoms. The Labute approximate surface area is 118 Å². The van der Waals surface area contributed by atoms with Crippen LogP contribution >= 0.6 is 0 Å². The fourth-order valence-corrected chi connectivity index (χ4v) is 2.20. The van der Waals surface area contributed by atoms with Gasteiger partial charge in [-0.1, -0.05) is 48.5 Å². The summed E-state index contributed by atoms with van der Waals surface area (Å²) in [6.45, 7) is 0.161. The molecule has 0 heterocycles. The van der Waals surface area contributed by atoms with Crippen molar-refractivity contribution >= 4 is 11.7 Å². The van der Waals surface area contributed by atoms with E-state index in [1.54, 1.807) is 4.90 Å². The lowest BCUT2D eigenvalue weighted by Gasteiger charge is -2.29. The maximum absolute atomic E-state index is 11.6. The molecule has 0 saturated heterocycles. The fourth-order valence-electron chi connectivity index (χ4n) is 2.20. The van der Waals surface area contributed by atoms with Gasteiger partial charge in [-0.15, -0.1) is 0 Å². The van der Waals surface area contributed by atoms with E-state index in [1.807, 2.05) is 60.7 Å². The molecule has 1 unspecified atom stereocenters. The highest BCUT2D eigenvalue weighted by atomic mass is 16.4. The second kappa shape index (κ2) is 6.73. The van der Waals surface area contributed by atoms with Crippen LogP contribution in [0.25, 0.3) is 0 Å². The van der Waals surface area contributed by atoms with E-state index in [1.165, 1.54) is 0 Å². The summed E-state index contributed by atoms with van der Waals surface area (Å²) in [5.74, 6) is -0.872. The average molecular weight is 270 g/mol. The van der Waals surface area contributed by atoms with Crippen molar-refractivity contribution in [3.05, 3.63) is 66.2 Å². The van der Waals surface area contributed by atoms with Crippen LogP contribution in [0.1, 0.15) is 5.56 Å². The van der Waals surface area contributed by atoms with Crippen LogP contribution in [0.2, 0.25) is 0 Å². The Morgan fingerprint density at radius 3 is 2.10 bits per heavy atom. The van der Waals surface area contributed by atoms with E-state index < -0.39 is 12.0 Å². The van der Waals surface area contributed by atoms with Gasteiger partial charge in [-0.05, 0) is 17.7 Å². The van der Waals surface area contributed by atoms with Gasteiger partial charge in [0.25, 0.3) is 0 Å². The fraction of sp³-hybridized carbons (Fsp3) is 0.188. The number of hydrogen-bond acceptors (Lipinski definition) is 3. The molecule has 2 rings (SSSR count). The van der Waals surface area contributed by atoms with Crippen LogP contribution in [0.5, 0.6) is 0 Å². The Bertz CT molecular complexity index is 543. The number of carboxylic acids is 1. The number of anilines is 1. The number of benzene rings is 2. The van der Waals surface area contributed by atoms with Crippen molar-refractivity contribution in [2.24, 2.45) is 5.73 Å². The Kier molecular flexibility index (Phi) is 4.74. The van der Waals surface area contributed by atoms with Gasteiger partial charge in [-0.25, -0.2) is 4.79 Å². The standard InChI is InChI=1S/C16H18N2O2/c17-12-18(14-9-5-2-6-10-14)15(16(19)20)11-13-7-3-1-4-8-13/h1-10,15H,11-12,17H2,(H,19,20). The van der Waals surface area contributed by atoms with Crippen molar-refractivity contribution < 1.29 is 9.90 Å². The van der Waals surface area contributed by atoms with Crippen LogP contribution in [0.3, 0.4) is 0 Å². The van der Waals surface area contributed by atoms with Crippen molar-refractivity contribution in [1.82, 2.24) is 0 Å². The number of para-hydroxylation sites is 1. The van der Waals surface area contributed by atoms with E-state index in [0.29, 0.717) is 6.42 Å². The van der Waals surface area contributed by atoms with Gasteiger partial charge in [-0.2, -0.15) is 0 Å². The lowest BCUT2D eigenvalue weighted by molar-refractivity contribution is -0.138. The van der Waals surface area contributed by atoms with Crippen molar-refractivity contribution in [1.29, 1.82) is 0 Å². The van der Waals surface area contributed by atoms with E-state index in [9.17, 15) is 9.90 Å². The van der Waals surface area contributed by atoms with Crippen LogP contribution in [0, 0.1) is 0 Å². The van der Waals surface area contributed by atoms with E-state index in [2.05, 4.69) is 0 Å². The number of rotatable bonds is 6. The summed E-state index contributed by atoms with van der Waals surface area (Å²) in [5.41, 5.74) is 7.56. The highest BCUT2D eigenvalue weighted by Gasteiger charge is 2.25. The first kappa shape index (κ1) is 14.1. The molecule has 0 radical (unpaired) electrons. The molecule has 0 aliphatic carbocycles. The van der Waals surface area contributed by atoms with Crippen LogP contribution in [-0.2, 0) is 11.2 Å². The molecule has 2 aromatic carbocycles. The maximum Gasteiger partial charge on any atom is 0.326 e. The van der Waals surface area contributed by atoms with Gasteiger partial charge >= 0.3 is 5.97 Å². The zero-order valence-corrected chi connectivity index (χ0v) is 11.1. The first-order chi connectivity index (χ1) is 9.72. The highest BCUT2D eigenvalue weighted by molar-refractivity contribution is 5.78. The number of carbonyl (C=O) groups is 1. The van der Waals surface area contributed by atoms with Crippen LogP contribution < -0.4 is 10.6 Å². The molecule has 0 saturated carbocycles. The van der Waals surface area contributed by atoms with Gasteiger partial charge in [0.05, 0.1) is 6.67 Å². The normalized spacial score (nSPS) is 11.8. The predicted molar refractivity (Wildman–Crippen MR) is 79.5 cm³/mol. The molecule has 3 N–H and O–H groups in total. The largest absolute Gasteiger partial charge is 0.480 e. The third kappa shape index (κ3) is 3.36. The minimum Gasteiger partial charge on any atom is -0.480 e. The number of nitrogens with two attached hydrogens (primary N) is 1. The molecule has 104 valence electrons. The van der Waals surface area contributed by atoms with Gasteiger partial charge in [0, 0.05) is 12.1 Å². The lowest BCUT2D eigenvalue weighted by atomic mass is 10.0. The molecule has 0 aliphatic heterocycles. The number of hydrogen-bond donors (Lipinski definition) is 2. The number of carboxylic acid groups (broad SMARTS) is 1. The topological polar surface area (TPSA) is 66.6 Å². The summed E-state index contributed by atoms with van der Waals surface area (Å²) in [4.78, 5) is 13.3. The molecule has 1 atom stereocenters. The molecule has 20 heavy (non-hydrogen) atoms. The van der Waals surface area contributed by atoms with Gasteiger partial charge in [0.15, 0.2) is 0 Å². The van der Waals surface area contributed by atoms with Gasteiger partial charge < -0.3 is 15.7 Å². The first-order valence-electron chi connectivity index (χ1n) is 6.51. The van der Waals surface area contributed by atoms with Crippen molar-refractivity contribution in [3.8, 4) is 0 Å². The van der Waals surface area contributed by atoms with E-state index in [0.717, 1.165) is 11.3 Å². The Morgan fingerprint density at radius 2 is 1.60 bits per heavy atom. The minimum atomic E-state index is -0.872. The number of nitrogens with zero attached hydrogens (tertiary/aromatic N) is 1. The van der Waals surface area contributed by atoms with E-state index in [-0.39, 0.29) is 6.67 Å². The molecule has 0 amide bonds. The summed E-state index contributed by atoms with van der Waals surface area (Å²) in [7, 11) is 0. The van der Waals surface area contributed by atoms with E-state index >= 15 is 0 Å². The zero-order valence-electron chi connectivity index (χ0n) is 11.1. The van der Waals surface area contributed by atoms with Gasteiger partial charge in [0.1, 0.15) is 6.04 Å². The molecule has 0 aliphatic rings. The van der Waals surface area contributed by atoms with Crippen molar-refractivity contribution in [2.45, 2.75) is 12.5 Å². The Balaban J connectivity index is 2.25. The third-order valence-electron chi connectivity index (χ3n) is 3.22. The van der Waals surface area contributed by atoms with Gasteiger partial charge in [0.2, 0.25) is 0 Å². The summed E-state index contributed by atoms with van der Waals surface area (Å²) in [6.07, 6.45) is 0.419. The maximum atomic E-state index is 11.6. The molecular formula is C16H18N2O2. The number of aliphatic carboxylic acids is 1. The lowest BCUT2D eigenvalue weighted by Crippen LogP contribution is -2.46. The quantitative estimate of drug-likeness (QED) is 0.789. The summed E-state index contributed by atoms with van der Waals surface area (Å²) in [6, 6.07) is 18.3. The summed E-state index contributed by atoms with van der Waals surface area (Å²) in [5, 5.41) is 9.50. The van der Waals surface area contributed by atoms with Crippen molar-refractivity contribution in [2.75, 3.05) is 11.6 Å². The first-order valence-corrected chi connectivity index (χ1v) is 6.51. The third-order valence-corrected chi connectivity index (χ3v) is 3.22. The second-order valence-electron chi connectivity index (χ2n) is 4.53. The smallest absolute Gasteiger partial charge is 0.326 e. The molecule has 0 aromatic heterocycles. The molecule has 4 heteroatoms. The Morgan fingerprint density at radius 1 is 1.05 bits per heavy atom. The molecular weight excluding hydrogens is 252 g/mol. The van der Waals surface area contributed by atoms with Crippen LogP contribution in [-0.4, -0.2) is 23.8 Å². The van der Waals surface area contributed by atoms with Crippen LogP contribution in [0.4, 0.5) is 5.69 Å². The SMILES string of the molecule is NCN(c1ccccc1)C(Cc1ccccc1)C(=O)O. The summed E-state index contributed by atoms with van der Waals surface area (Å²) >= 11 is 0. The zero-order chi connectivity index (χ0) is 14.4. The van der Waals surface area contributed by atoms with Gasteiger partial charge in [-0.3, -0.25) is 0 Å². The van der Waals surface area contributed by atoms with Crippen LogP contribution in [0.15, 0.2) is 60.7 Å². The molecule has 0 fully saturated rings. The van der Waals surface area contributed by atoms with E-state index in [4.69, 9.17) is 5.73 Å². The summed E-state index contributed by atoms with van der Waals surface area (Å²) < 4.78 is 0. The molecule has 4 nitrogen and oxygen atoms in total. The highest BCUT2D eigenvalue weighted by Crippen LogP contribution is 2.18.